The summed E-state index contributed by atoms with van der Waals surface area (Å²) in [6, 6.07) is 17.0. The third-order valence-corrected chi connectivity index (χ3v) is 5.73. The number of hydrogen-bond acceptors (Lipinski definition) is 6. The van der Waals surface area contributed by atoms with Gasteiger partial charge in [-0.2, -0.15) is 0 Å². The number of nitrogens with one attached hydrogen (secondary N) is 1. The van der Waals surface area contributed by atoms with Crippen LogP contribution in [0.2, 0.25) is 0 Å². The van der Waals surface area contributed by atoms with E-state index in [9.17, 15) is 9.18 Å². The van der Waals surface area contributed by atoms with Crippen molar-refractivity contribution >= 4 is 17.5 Å². The van der Waals surface area contributed by atoms with Crippen molar-refractivity contribution in [3.8, 4) is 22.6 Å². The number of aliphatic imine (C=N–C) groups is 1. The van der Waals surface area contributed by atoms with Crippen LogP contribution in [0.5, 0.6) is 0 Å². The van der Waals surface area contributed by atoms with Gasteiger partial charge in [-0.1, -0.05) is 35.5 Å². The third kappa shape index (κ3) is 4.63. The Morgan fingerprint density at radius 3 is 2.57 bits per heavy atom. The molecule has 1 atom stereocenters. The quantitative estimate of drug-likeness (QED) is 0.412. The fraction of sp³-hybridized carbons (Fsp3) is 0.148. The van der Waals surface area contributed by atoms with Crippen LogP contribution in [0.1, 0.15) is 25.1 Å². The molecule has 0 bridgehead atoms. The maximum atomic E-state index is 13.6. The van der Waals surface area contributed by atoms with Gasteiger partial charge in [-0.3, -0.25) is 15.1 Å². The van der Waals surface area contributed by atoms with E-state index in [1.54, 1.807) is 24.4 Å². The normalized spacial score (nSPS) is 16.8. The maximum absolute atomic E-state index is 13.6. The molecule has 1 amide bonds. The van der Waals surface area contributed by atoms with Crippen LogP contribution in [0.25, 0.3) is 22.6 Å². The lowest BCUT2D eigenvalue weighted by Gasteiger charge is -2.18. The Morgan fingerprint density at radius 2 is 1.86 bits per heavy atom. The summed E-state index contributed by atoms with van der Waals surface area (Å²) in [5.74, 6) is -0.217. The molecule has 1 aliphatic rings. The number of benzene rings is 2. The second kappa shape index (κ2) is 9.06. The van der Waals surface area contributed by atoms with Crippen molar-refractivity contribution in [1.29, 1.82) is 0 Å². The second-order valence-electron chi connectivity index (χ2n) is 8.45. The molecule has 174 valence electrons. The number of aromatic nitrogens is 3. The van der Waals surface area contributed by atoms with Gasteiger partial charge in [0.15, 0.2) is 5.82 Å². The lowest BCUT2D eigenvalue weighted by atomic mass is 9.99. The maximum Gasteiger partial charge on any atom is 0.243 e. The molecule has 0 saturated carbocycles. The molecule has 2 aromatic heterocycles. The average Bonchev–Trinajstić information content (AvgIpc) is 3.43. The highest BCUT2D eigenvalue weighted by atomic mass is 19.1. The zero-order valence-electron chi connectivity index (χ0n) is 19.2. The Labute approximate surface area is 201 Å². The number of halogens is 1. The van der Waals surface area contributed by atoms with E-state index in [4.69, 9.17) is 9.51 Å². The highest BCUT2D eigenvalue weighted by Crippen LogP contribution is 2.38. The van der Waals surface area contributed by atoms with E-state index in [1.165, 1.54) is 12.1 Å². The number of rotatable bonds is 6. The number of allylic oxidation sites excluding steroid dienone is 1. The van der Waals surface area contributed by atoms with Crippen molar-refractivity contribution in [2.75, 3.05) is 5.32 Å². The fourth-order valence-corrected chi connectivity index (χ4v) is 3.97. The van der Waals surface area contributed by atoms with Gasteiger partial charge in [0, 0.05) is 17.5 Å². The Bertz CT molecular complexity index is 1440. The van der Waals surface area contributed by atoms with Gasteiger partial charge in [-0.25, -0.2) is 14.4 Å². The number of carbonyl (C=O) groups is 1. The molecule has 0 fully saturated rings. The highest BCUT2D eigenvalue weighted by molar-refractivity contribution is 5.97. The van der Waals surface area contributed by atoms with Gasteiger partial charge in [-0.05, 0) is 61.9 Å². The molecule has 35 heavy (non-hydrogen) atoms. The summed E-state index contributed by atoms with van der Waals surface area (Å²) in [6.07, 6.45) is 5.72. The SMILES string of the molecule is CC1=NC(C)(c2ccnc(-c3c(-c4ccc(F)cc4)noc3NC(=O)Cc3ccccc3)n2)C=C1. The number of carbonyl (C=O) groups excluding carboxylic acids is 1. The van der Waals surface area contributed by atoms with Crippen molar-refractivity contribution in [1.82, 2.24) is 15.1 Å². The minimum atomic E-state index is -0.633. The van der Waals surface area contributed by atoms with Crippen molar-refractivity contribution < 1.29 is 13.7 Å². The van der Waals surface area contributed by atoms with Crippen molar-refractivity contribution in [3.63, 3.8) is 0 Å². The Morgan fingerprint density at radius 1 is 1.09 bits per heavy atom. The molecular weight excluding hydrogens is 445 g/mol. The number of nitrogens with zero attached hydrogens (tertiary/aromatic N) is 4. The first-order valence-corrected chi connectivity index (χ1v) is 11.1. The Hall–Kier alpha value is -4.46. The van der Waals surface area contributed by atoms with Crippen LogP contribution in [0.4, 0.5) is 10.3 Å². The summed E-state index contributed by atoms with van der Waals surface area (Å²) in [5, 5.41) is 6.98. The lowest BCUT2D eigenvalue weighted by molar-refractivity contribution is -0.115. The van der Waals surface area contributed by atoms with Gasteiger partial charge in [0.25, 0.3) is 0 Å². The molecule has 2 aromatic carbocycles. The summed E-state index contributed by atoms with van der Waals surface area (Å²) in [4.78, 5) is 26.7. The van der Waals surface area contributed by atoms with Crippen LogP contribution in [0.15, 0.2) is 88.5 Å². The molecule has 4 aromatic rings. The Kier molecular flexibility index (Phi) is 5.78. The van der Waals surface area contributed by atoms with E-state index in [-0.39, 0.29) is 24.0 Å². The molecule has 7 nitrogen and oxygen atoms in total. The highest BCUT2D eigenvalue weighted by Gasteiger charge is 2.30. The van der Waals surface area contributed by atoms with Crippen molar-refractivity contribution in [3.05, 3.63) is 96.1 Å². The molecular formula is C27H22FN5O2. The molecule has 1 aliphatic heterocycles. The molecule has 0 radical (unpaired) electrons. The summed E-state index contributed by atoms with van der Waals surface area (Å²) in [6.45, 7) is 3.89. The molecule has 0 aliphatic carbocycles. The van der Waals surface area contributed by atoms with E-state index in [0.29, 0.717) is 28.3 Å². The van der Waals surface area contributed by atoms with Crippen molar-refractivity contribution in [2.24, 2.45) is 4.99 Å². The topological polar surface area (TPSA) is 93.3 Å². The molecule has 1 unspecified atom stereocenters. The van der Waals surface area contributed by atoms with Crippen LogP contribution in [0, 0.1) is 5.82 Å². The molecule has 5 rings (SSSR count). The summed E-state index contributed by atoms with van der Waals surface area (Å²) in [7, 11) is 0. The van der Waals surface area contributed by atoms with Gasteiger partial charge in [0.2, 0.25) is 11.8 Å². The van der Waals surface area contributed by atoms with E-state index < -0.39 is 5.54 Å². The lowest BCUT2D eigenvalue weighted by Crippen LogP contribution is -2.17. The number of amides is 1. The van der Waals surface area contributed by atoms with Gasteiger partial charge in [0.05, 0.1) is 12.1 Å². The van der Waals surface area contributed by atoms with E-state index >= 15 is 0 Å². The monoisotopic (exact) mass is 467 g/mol. The van der Waals surface area contributed by atoms with E-state index in [1.807, 2.05) is 56.3 Å². The van der Waals surface area contributed by atoms with Crippen molar-refractivity contribution in [2.45, 2.75) is 25.8 Å². The van der Waals surface area contributed by atoms with Gasteiger partial charge < -0.3 is 4.52 Å². The third-order valence-electron chi connectivity index (χ3n) is 5.73. The summed E-state index contributed by atoms with van der Waals surface area (Å²) >= 11 is 0. The molecule has 0 spiro atoms. The smallest absolute Gasteiger partial charge is 0.243 e. The summed E-state index contributed by atoms with van der Waals surface area (Å²) in [5.41, 5.74) is 3.21. The van der Waals surface area contributed by atoms with Gasteiger partial charge in [-0.15, -0.1) is 0 Å². The van der Waals surface area contributed by atoms with Crippen LogP contribution < -0.4 is 5.32 Å². The van der Waals surface area contributed by atoms with Crippen LogP contribution in [-0.4, -0.2) is 26.7 Å². The van der Waals surface area contributed by atoms with Gasteiger partial charge in [0.1, 0.15) is 22.6 Å². The molecule has 8 heteroatoms. The Balaban J connectivity index is 1.56. The molecule has 1 N–H and O–H groups in total. The number of anilines is 1. The first-order valence-electron chi connectivity index (χ1n) is 11.1. The minimum absolute atomic E-state index is 0.120. The molecule has 0 saturated heterocycles. The minimum Gasteiger partial charge on any atom is -0.337 e. The van der Waals surface area contributed by atoms with E-state index in [2.05, 4.69) is 20.4 Å². The predicted molar refractivity (Wildman–Crippen MR) is 131 cm³/mol. The first-order chi connectivity index (χ1) is 16.9. The second-order valence-corrected chi connectivity index (χ2v) is 8.45. The fourth-order valence-electron chi connectivity index (χ4n) is 3.97. The zero-order valence-corrected chi connectivity index (χ0v) is 19.2. The van der Waals surface area contributed by atoms with Gasteiger partial charge >= 0.3 is 0 Å². The van der Waals surface area contributed by atoms with E-state index in [0.717, 1.165) is 11.3 Å². The number of hydrogen-bond donors (Lipinski definition) is 1. The molecule has 3 heterocycles. The summed E-state index contributed by atoms with van der Waals surface area (Å²) < 4.78 is 19.1. The van der Waals surface area contributed by atoms with Crippen LogP contribution in [0.3, 0.4) is 0 Å². The van der Waals surface area contributed by atoms with Crippen LogP contribution >= 0.6 is 0 Å². The largest absolute Gasteiger partial charge is 0.337 e. The zero-order chi connectivity index (χ0) is 24.4. The van der Waals surface area contributed by atoms with Crippen LogP contribution in [-0.2, 0) is 16.8 Å². The first kappa shape index (κ1) is 22.3. The standard InChI is InChI=1S/C27H22FN5O2/c1-17-12-14-27(2,32-17)21-13-15-29-25(30-21)23-24(19-8-10-20(28)11-9-19)33-35-26(23)31-22(34)16-18-6-4-3-5-7-18/h3-15H,16H2,1-2H3,(H,31,34). The average molecular weight is 468 g/mol. The predicted octanol–water partition coefficient (Wildman–Crippen LogP) is 5.36.